The van der Waals surface area contributed by atoms with Crippen LogP contribution in [-0.4, -0.2) is 43.9 Å². The number of hydrogen-bond acceptors (Lipinski definition) is 5. The van der Waals surface area contributed by atoms with Gasteiger partial charge in [-0.1, -0.05) is 49.2 Å². The number of nitriles is 1. The first-order valence-electron chi connectivity index (χ1n) is 8.42. The van der Waals surface area contributed by atoms with Crippen LogP contribution in [0.4, 0.5) is 0 Å². The van der Waals surface area contributed by atoms with Gasteiger partial charge >= 0.3 is 0 Å². The number of hydrogen-bond donors (Lipinski definition) is 0. The number of aromatic nitrogens is 3. The summed E-state index contributed by atoms with van der Waals surface area (Å²) >= 11 is 1.30. The Hall–Kier alpha value is -2.33. The molecule has 7 heteroatoms. The lowest BCUT2D eigenvalue weighted by Crippen LogP contribution is -2.50. The predicted octanol–water partition coefficient (Wildman–Crippen LogP) is 3.04. The van der Waals surface area contributed by atoms with Gasteiger partial charge in [-0.2, -0.15) is 5.26 Å². The van der Waals surface area contributed by atoms with Gasteiger partial charge in [0, 0.05) is 7.05 Å². The molecule has 1 aromatic heterocycles. The summed E-state index contributed by atoms with van der Waals surface area (Å²) in [5.74, 6) is 0.183. The zero-order valence-electron chi connectivity index (χ0n) is 14.3. The summed E-state index contributed by atoms with van der Waals surface area (Å²) < 4.78 is 1.69. The van der Waals surface area contributed by atoms with Crippen LogP contribution in [0.15, 0.2) is 41.8 Å². The second kappa shape index (κ2) is 7.70. The molecule has 0 spiro atoms. The quantitative estimate of drug-likeness (QED) is 0.771. The topological polar surface area (TPSA) is 74.8 Å². The van der Waals surface area contributed by atoms with E-state index in [1.54, 1.807) is 23.0 Å². The molecule has 3 rings (SSSR count). The van der Waals surface area contributed by atoms with Crippen LogP contribution in [-0.2, 0) is 4.79 Å². The van der Waals surface area contributed by atoms with Crippen molar-refractivity contribution in [2.45, 2.75) is 42.8 Å². The van der Waals surface area contributed by atoms with Crippen molar-refractivity contribution in [3.63, 3.8) is 0 Å². The third-order valence-corrected chi connectivity index (χ3v) is 5.56. The fourth-order valence-corrected chi connectivity index (χ4v) is 3.85. The summed E-state index contributed by atoms with van der Waals surface area (Å²) in [6, 6.07) is 12.1. The number of carbonyl (C=O) groups is 1. The molecule has 1 heterocycles. The Labute approximate surface area is 151 Å². The van der Waals surface area contributed by atoms with Gasteiger partial charge in [0.25, 0.3) is 0 Å². The Morgan fingerprint density at radius 1 is 1.32 bits per heavy atom. The molecule has 130 valence electrons. The molecule has 0 N–H and O–H groups in total. The average Bonchev–Trinajstić information content (AvgIpc) is 3.16. The third-order valence-electron chi connectivity index (χ3n) is 4.72. The number of para-hydroxylation sites is 1. The number of benzene rings is 1. The predicted molar refractivity (Wildman–Crippen MR) is 96.3 cm³/mol. The summed E-state index contributed by atoms with van der Waals surface area (Å²) in [7, 11) is 1.74. The number of carbonyl (C=O) groups excluding carboxylic acids is 1. The van der Waals surface area contributed by atoms with Crippen molar-refractivity contribution in [1.29, 1.82) is 5.26 Å². The first kappa shape index (κ1) is 17.5. The molecule has 1 fully saturated rings. The largest absolute Gasteiger partial charge is 0.326 e. The summed E-state index contributed by atoms with van der Waals surface area (Å²) in [4.78, 5) is 18.4. The van der Waals surface area contributed by atoms with Crippen molar-refractivity contribution in [3.05, 3.63) is 36.7 Å². The molecule has 6 nitrogen and oxygen atoms in total. The van der Waals surface area contributed by atoms with Crippen LogP contribution < -0.4 is 0 Å². The molecule has 0 atom stereocenters. The van der Waals surface area contributed by atoms with Gasteiger partial charge in [-0.05, 0) is 25.0 Å². The molecule has 25 heavy (non-hydrogen) atoms. The number of thioether (sulfide) groups is 1. The van der Waals surface area contributed by atoms with E-state index in [4.69, 9.17) is 0 Å². The third kappa shape index (κ3) is 3.85. The molecule has 1 aromatic carbocycles. The summed E-state index contributed by atoms with van der Waals surface area (Å²) in [6.07, 6.45) is 6.31. The van der Waals surface area contributed by atoms with Crippen LogP contribution in [0.5, 0.6) is 0 Å². The van der Waals surface area contributed by atoms with Gasteiger partial charge < -0.3 is 4.90 Å². The molecule has 0 aliphatic heterocycles. The van der Waals surface area contributed by atoms with Gasteiger partial charge in [0.15, 0.2) is 0 Å². The van der Waals surface area contributed by atoms with Crippen molar-refractivity contribution >= 4 is 17.7 Å². The average molecular weight is 355 g/mol. The molecule has 2 aromatic rings. The van der Waals surface area contributed by atoms with E-state index in [0.29, 0.717) is 5.16 Å². The highest BCUT2D eigenvalue weighted by molar-refractivity contribution is 7.99. The normalized spacial score (nSPS) is 16.2. The van der Waals surface area contributed by atoms with E-state index >= 15 is 0 Å². The second-order valence-corrected chi connectivity index (χ2v) is 7.20. The Kier molecular flexibility index (Phi) is 5.39. The van der Waals surface area contributed by atoms with Crippen molar-refractivity contribution in [2.75, 3.05) is 12.8 Å². The molecule has 0 bridgehead atoms. The van der Waals surface area contributed by atoms with Crippen LogP contribution in [0, 0.1) is 11.3 Å². The molecule has 0 radical (unpaired) electrons. The monoisotopic (exact) mass is 355 g/mol. The SMILES string of the molecule is CN(C(=O)CSc1ncn(-c2ccccc2)n1)C1(C#N)CCCCC1. The zero-order chi connectivity index (χ0) is 17.7. The van der Waals surface area contributed by atoms with E-state index in [0.717, 1.165) is 37.8 Å². The minimum Gasteiger partial charge on any atom is -0.326 e. The lowest BCUT2D eigenvalue weighted by molar-refractivity contribution is -0.131. The maximum Gasteiger partial charge on any atom is 0.234 e. The second-order valence-electron chi connectivity index (χ2n) is 6.25. The Bertz CT molecular complexity index is 761. The maximum atomic E-state index is 12.5. The van der Waals surface area contributed by atoms with Gasteiger partial charge in [-0.25, -0.2) is 9.67 Å². The first-order valence-corrected chi connectivity index (χ1v) is 9.41. The fraction of sp³-hybridized carbons (Fsp3) is 0.444. The number of nitrogens with zero attached hydrogens (tertiary/aromatic N) is 5. The van der Waals surface area contributed by atoms with Gasteiger partial charge in [-0.3, -0.25) is 4.79 Å². The first-order chi connectivity index (χ1) is 12.1. The van der Waals surface area contributed by atoms with Crippen molar-refractivity contribution in [1.82, 2.24) is 19.7 Å². The smallest absolute Gasteiger partial charge is 0.234 e. The Balaban J connectivity index is 1.61. The van der Waals surface area contributed by atoms with Crippen LogP contribution in [0.1, 0.15) is 32.1 Å². The lowest BCUT2D eigenvalue weighted by atomic mass is 9.81. The molecule has 1 aliphatic carbocycles. The van der Waals surface area contributed by atoms with E-state index in [-0.39, 0.29) is 11.7 Å². The van der Waals surface area contributed by atoms with Gasteiger partial charge in [0.2, 0.25) is 11.1 Å². The Morgan fingerprint density at radius 3 is 2.72 bits per heavy atom. The molecule has 0 unspecified atom stereocenters. The van der Waals surface area contributed by atoms with Crippen molar-refractivity contribution in [3.8, 4) is 11.8 Å². The molecule has 1 amide bonds. The maximum absolute atomic E-state index is 12.5. The highest BCUT2D eigenvalue weighted by atomic mass is 32.2. The minimum atomic E-state index is -0.646. The molecule has 1 aliphatic rings. The van der Waals surface area contributed by atoms with Crippen molar-refractivity contribution < 1.29 is 4.79 Å². The highest BCUT2D eigenvalue weighted by Crippen LogP contribution is 2.33. The summed E-state index contributed by atoms with van der Waals surface area (Å²) in [5, 5.41) is 14.5. The number of rotatable bonds is 5. The minimum absolute atomic E-state index is 0.0514. The van der Waals surface area contributed by atoms with E-state index in [9.17, 15) is 10.1 Å². The van der Waals surface area contributed by atoms with E-state index < -0.39 is 5.54 Å². The summed E-state index contributed by atoms with van der Waals surface area (Å²) in [5.41, 5.74) is 0.281. The Morgan fingerprint density at radius 2 is 2.04 bits per heavy atom. The molecular formula is C18H21N5OS. The van der Waals surface area contributed by atoms with Gasteiger partial charge in [-0.15, -0.1) is 5.10 Å². The lowest BCUT2D eigenvalue weighted by Gasteiger charge is -2.38. The van der Waals surface area contributed by atoms with Crippen LogP contribution in [0.25, 0.3) is 5.69 Å². The van der Waals surface area contributed by atoms with E-state index in [1.165, 1.54) is 11.8 Å². The van der Waals surface area contributed by atoms with E-state index in [1.807, 2.05) is 30.3 Å². The molecular weight excluding hydrogens is 334 g/mol. The summed E-state index contributed by atoms with van der Waals surface area (Å²) in [6.45, 7) is 0. The highest BCUT2D eigenvalue weighted by Gasteiger charge is 2.38. The van der Waals surface area contributed by atoms with Crippen LogP contribution in [0.2, 0.25) is 0 Å². The zero-order valence-corrected chi connectivity index (χ0v) is 15.1. The van der Waals surface area contributed by atoms with Crippen molar-refractivity contribution in [2.24, 2.45) is 0 Å². The number of amides is 1. The van der Waals surface area contributed by atoms with Crippen LogP contribution in [0.3, 0.4) is 0 Å². The van der Waals surface area contributed by atoms with Gasteiger partial charge in [0.1, 0.15) is 11.9 Å². The van der Waals surface area contributed by atoms with E-state index in [2.05, 4.69) is 16.2 Å². The van der Waals surface area contributed by atoms with Gasteiger partial charge in [0.05, 0.1) is 17.5 Å². The van der Waals surface area contributed by atoms with Crippen LogP contribution >= 0.6 is 11.8 Å². The molecule has 1 saturated carbocycles. The fourth-order valence-electron chi connectivity index (χ4n) is 3.14. The molecule has 0 saturated heterocycles. The standard InChI is InChI=1S/C18H21N5OS/c1-22(18(13-19)10-6-3-7-11-18)16(24)12-25-17-20-14-23(21-17)15-8-4-2-5-9-15/h2,4-5,8-9,14H,3,6-7,10-12H2,1H3.